The fraction of sp³-hybridized carbons (Fsp3) is 0.350. The molecule has 0 bridgehead atoms. The van der Waals surface area contributed by atoms with Gasteiger partial charge in [-0.1, -0.05) is 18.2 Å². The summed E-state index contributed by atoms with van der Waals surface area (Å²) in [5.74, 6) is 2.28. The van der Waals surface area contributed by atoms with Crippen LogP contribution in [0.2, 0.25) is 0 Å². The molecule has 0 radical (unpaired) electrons. The summed E-state index contributed by atoms with van der Waals surface area (Å²) in [6.07, 6.45) is 2.32. The Morgan fingerprint density at radius 1 is 1.24 bits per heavy atom. The molecule has 4 nitrogen and oxygen atoms in total. The van der Waals surface area contributed by atoms with Gasteiger partial charge in [0.1, 0.15) is 11.5 Å². The minimum absolute atomic E-state index is 0.155. The average molecular weight is 357 g/mol. The summed E-state index contributed by atoms with van der Waals surface area (Å²) < 4.78 is 5.71. The molecule has 0 aliphatic carbocycles. The first kappa shape index (κ1) is 17.7. The van der Waals surface area contributed by atoms with Crippen molar-refractivity contribution in [2.75, 3.05) is 19.4 Å². The number of ether oxygens (including phenoxy) is 1. The summed E-state index contributed by atoms with van der Waals surface area (Å²) in [5.41, 5.74) is 2.33. The van der Waals surface area contributed by atoms with E-state index in [2.05, 4.69) is 6.07 Å². The minimum atomic E-state index is 0.155. The van der Waals surface area contributed by atoms with Crippen LogP contribution in [0.1, 0.15) is 24.0 Å². The van der Waals surface area contributed by atoms with Crippen molar-refractivity contribution in [2.45, 2.75) is 30.7 Å². The van der Waals surface area contributed by atoms with Gasteiger partial charge in [-0.2, -0.15) is 0 Å². The maximum Gasteiger partial charge on any atom is 0.222 e. The highest BCUT2D eigenvalue weighted by Gasteiger charge is 2.18. The zero-order valence-electron chi connectivity index (χ0n) is 14.4. The van der Waals surface area contributed by atoms with E-state index in [1.165, 1.54) is 5.56 Å². The Labute approximate surface area is 152 Å². The van der Waals surface area contributed by atoms with Crippen molar-refractivity contribution in [1.29, 1.82) is 0 Å². The lowest BCUT2D eigenvalue weighted by Crippen LogP contribution is -2.26. The number of amides is 1. The molecule has 2 aromatic rings. The van der Waals surface area contributed by atoms with Gasteiger partial charge in [-0.15, -0.1) is 11.8 Å². The van der Waals surface area contributed by atoms with E-state index < -0.39 is 0 Å². The number of rotatable bonds is 7. The van der Waals surface area contributed by atoms with E-state index in [9.17, 15) is 9.90 Å². The Morgan fingerprint density at radius 2 is 2.04 bits per heavy atom. The average Bonchev–Trinajstić information content (AvgIpc) is 3.10. The third-order valence-electron chi connectivity index (χ3n) is 4.27. The van der Waals surface area contributed by atoms with Crippen LogP contribution in [0.25, 0.3) is 0 Å². The molecule has 1 N–H and O–H groups in total. The largest absolute Gasteiger partial charge is 0.508 e. The molecule has 0 saturated heterocycles. The highest BCUT2D eigenvalue weighted by atomic mass is 32.2. The zero-order chi connectivity index (χ0) is 17.6. The number of hydrogen-bond acceptors (Lipinski definition) is 4. The number of para-hydroxylation sites is 1. The lowest BCUT2D eigenvalue weighted by atomic mass is 10.1. The number of phenolic OH excluding ortho intramolecular Hbond substituents is 1. The molecule has 5 heteroatoms. The predicted molar refractivity (Wildman–Crippen MR) is 100 cm³/mol. The van der Waals surface area contributed by atoms with E-state index in [0.29, 0.717) is 13.0 Å². The summed E-state index contributed by atoms with van der Waals surface area (Å²) in [7, 11) is 1.85. The van der Waals surface area contributed by atoms with Gasteiger partial charge in [0.05, 0.1) is 6.61 Å². The molecule has 0 spiro atoms. The molecule has 1 aliphatic rings. The number of hydrogen-bond donors (Lipinski definition) is 1. The normalized spacial score (nSPS) is 12.5. The maximum atomic E-state index is 12.3. The second-order valence-corrected chi connectivity index (χ2v) is 7.37. The van der Waals surface area contributed by atoms with E-state index in [1.807, 2.05) is 31.3 Å². The number of phenols is 1. The topological polar surface area (TPSA) is 49.8 Å². The maximum absolute atomic E-state index is 12.3. The second-order valence-electron chi connectivity index (χ2n) is 6.20. The lowest BCUT2D eigenvalue weighted by Gasteiger charge is -2.18. The van der Waals surface area contributed by atoms with E-state index >= 15 is 0 Å². The van der Waals surface area contributed by atoms with Crippen molar-refractivity contribution in [2.24, 2.45) is 0 Å². The van der Waals surface area contributed by atoms with Gasteiger partial charge < -0.3 is 14.7 Å². The van der Waals surface area contributed by atoms with Crippen LogP contribution in [-0.4, -0.2) is 35.3 Å². The molecule has 0 unspecified atom stereocenters. The molecule has 3 rings (SSSR count). The van der Waals surface area contributed by atoms with Gasteiger partial charge in [0, 0.05) is 36.9 Å². The van der Waals surface area contributed by atoms with Crippen molar-refractivity contribution < 1.29 is 14.6 Å². The number of thioether (sulfide) groups is 1. The number of fused-ring (bicyclic) bond motifs is 1. The molecule has 2 aromatic carbocycles. The van der Waals surface area contributed by atoms with Crippen LogP contribution in [0.3, 0.4) is 0 Å². The van der Waals surface area contributed by atoms with Crippen LogP contribution < -0.4 is 4.74 Å². The third kappa shape index (κ3) is 4.69. The third-order valence-corrected chi connectivity index (χ3v) is 5.37. The van der Waals surface area contributed by atoms with Gasteiger partial charge in [-0.3, -0.25) is 4.79 Å². The van der Waals surface area contributed by atoms with E-state index in [0.717, 1.165) is 41.4 Å². The summed E-state index contributed by atoms with van der Waals surface area (Å²) in [4.78, 5) is 15.2. The summed E-state index contributed by atoms with van der Waals surface area (Å²) in [6.45, 7) is 1.33. The standard InChI is InChI=1S/C20H23NO3S/c1-21(14-16-5-2-4-15-11-12-24-20(15)16)19(23)6-3-13-25-18-9-7-17(22)8-10-18/h2,4-5,7-10,22H,3,6,11-14H2,1H3. The first-order valence-corrected chi connectivity index (χ1v) is 9.51. The van der Waals surface area contributed by atoms with Crippen LogP contribution in [0, 0.1) is 0 Å². The van der Waals surface area contributed by atoms with Gasteiger partial charge >= 0.3 is 0 Å². The highest BCUT2D eigenvalue weighted by molar-refractivity contribution is 7.99. The highest BCUT2D eigenvalue weighted by Crippen LogP contribution is 2.30. The van der Waals surface area contributed by atoms with Gasteiger partial charge in [-0.05, 0) is 42.0 Å². The number of carbonyl (C=O) groups excluding carboxylic acids is 1. The van der Waals surface area contributed by atoms with Gasteiger partial charge in [0.15, 0.2) is 0 Å². The van der Waals surface area contributed by atoms with Gasteiger partial charge in [-0.25, -0.2) is 0 Å². The molecular weight excluding hydrogens is 334 g/mol. The quantitative estimate of drug-likeness (QED) is 0.604. The minimum Gasteiger partial charge on any atom is -0.508 e. The molecule has 25 heavy (non-hydrogen) atoms. The van der Waals surface area contributed by atoms with Gasteiger partial charge in [0.25, 0.3) is 0 Å². The molecule has 0 saturated carbocycles. The first-order valence-electron chi connectivity index (χ1n) is 8.53. The number of benzene rings is 2. The number of carbonyl (C=O) groups is 1. The monoisotopic (exact) mass is 357 g/mol. The number of nitrogens with zero attached hydrogens (tertiary/aromatic N) is 1. The summed E-state index contributed by atoms with van der Waals surface area (Å²) in [5, 5.41) is 9.27. The van der Waals surface area contributed by atoms with Crippen LogP contribution in [0.4, 0.5) is 0 Å². The molecule has 1 amide bonds. The Balaban J connectivity index is 1.44. The Morgan fingerprint density at radius 3 is 2.84 bits per heavy atom. The molecule has 0 aromatic heterocycles. The van der Waals surface area contributed by atoms with Crippen LogP contribution in [-0.2, 0) is 17.8 Å². The molecule has 0 fully saturated rings. The fourth-order valence-electron chi connectivity index (χ4n) is 2.90. The van der Waals surface area contributed by atoms with Crippen molar-refractivity contribution in [3.05, 3.63) is 53.6 Å². The van der Waals surface area contributed by atoms with E-state index in [-0.39, 0.29) is 11.7 Å². The lowest BCUT2D eigenvalue weighted by molar-refractivity contribution is -0.130. The molecule has 0 atom stereocenters. The first-order chi connectivity index (χ1) is 12.1. The molecular formula is C20H23NO3S. The predicted octanol–water partition coefficient (Wildman–Crippen LogP) is 3.86. The van der Waals surface area contributed by atoms with Crippen LogP contribution in [0.15, 0.2) is 47.4 Å². The molecule has 132 valence electrons. The second kappa shape index (κ2) is 8.30. The molecule has 1 aliphatic heterocycles. The van der Waals surface area contributed by atoms with Crippen molar-refractivity contribution in [3.63, 3.8) is 0 Å². The van der Waals surface area contributed by atoms with Crippen molar-refractivity contribution in [1.82, 2.24) is 4.90 Å². The summed E-state index contributed by atoms with van der Waals surface area (Å²) >= 11 is 1.70. The summed E-state index contributed by atoms with van der Waals surface area (Å²) in [6, 6.07) is 13.3. The Kier molecular flexibility index (Phi) is 5.87. The number of aromatic hydroxyl groups is 1. The van der Waals surface area contributed by atoms with E-state index in [1.54, 1.807) is 28.8 Å². The van der Waals surface area contributed by atoms with Gasteiger partial charge in [0.2, 0.25) is 5.91 Å². The van der Waals surface area contributed by atoms with Crippen LogP contribution in [0.5, 0.6) is 11.5 Å². The Bertz CT molecular complexity index is 730. The van der Waals surface area contributed by atoms with Crippen LogP contribution >= 0.6 is 11.8 Å². The Hall–Kier alpha value is -2.14. The molecule has 1 heterocycles. The SMILES string of the molecule is CN(Cc1cccc2c1OCC2)C(=O)CCCSc1ccc(O)cc1. The van der Waals surface area contributed by atoms with Crippen molar-refractivity contribution >= 4 is 17.7 Å². The fourth-order valence-corrected chi connectivity index (χ4v) is 3.75. The zero-order valence-corrected chi connectivity index (χ0v) is 15.2. The van der Waals surface area contributed by atoms with Crippen molar-refractivity contribution in [3.8, 4) is 11.5 Å². The smallest absolute Gasteiger partial charge is 0.222 e. The van der Waals surface area contributed by atoms with E-state index in [4.69, 9.17) is 4.74 Å².